The molecule has 3 rings (SSSR count). The molecule has 2 heterocycles. The molecule has 2 fully saturated rings. The first kappa shape index (κ1) is 19.4. The second-order valence-corrected chi connectivity index (χ2v) is 9.33. The number of carbonyl (C=O) groups excluding carboxylic acids is 1. The van der Waals surface area contributed by atoms with E-state index in [1.54, 1.807) is 10.8 Å². The van der Waals surface area contributed by atoms with Crippen LogP contribution in [0.4, 0.5) is 0 Å². The van der Waals surface area contributed by atoms with Gasteiger partial charge in [0.2, 0.25) is 5.91 Å². The number of hydrogen-bond donors (Lipinski definition) is 1. The summed E-state index contributed by atoms with van der Waals surface area (Å²) in [5.74, 6) is -0.258. The van der Waals surface area contributed by atoms with E-state index in [1.807, 2.05) is 6.92 Å². The maximum atomic E-state index is 12.8. The van der Waals surface area contributed by atoms with Crippen molar-refractivity contribution in [3.05, 3.63) is 12.5 Å². The third kappa shape index (κ3) is 4.46. The van der Waals surface area contributed by atoms with Gasteiger partial charge in [-0.05, 0) is 32.6 Å². The molecule has 0 aromatic carbocycles. The van der Waals surface area contributed by atoms with E-state index in [9.17, 15) is 13.2 Å². The monoisotopic (exact) mass is 382 g/mol. The third-order valence-electron chi connectivity index (χ3n) is 5.54. The van der Waals surface area contributed by atoms with Crippen molar-refractivity contribution in [2.75, 3.05) is 13.1 Å². The molecule has 7 nitrogen and oxygen atoms in total. The van der Waals surface area contributed by atoms with Gasteiger partial charge in [-0.25, -0.2) is 13.4 Å². The molecule has 0 radical (unpaired) electrons. The molecular formula is C18H30N4O3S. The van der Waals surface area contributed by atoms with Gasteiger partial charge in [0.05, 0.1) is 12.2 Å². The van der Waals surface area contributed by atoms with Crippen LogP contribution in [0.1, 0.15) is 58.3 Å². The summed E-state index contributed by atoms with van der Waals surface area (Å²) in [5.41, 5.74) is 0. The Bertz CT molecular complexity index is 708. The van der Waals surface area contributed by atoms with E-state index in [0.29, 0.717) is 19.5 Å². The molecule has 1 aliphatic heterocycles. The molecule has 0 unspecified atom stereocenters. The number of aryl methyl sites for hydroxylation is 1. The molecule has 1 aliphatic carbocycles. The standard InChI is InChI=1S/C18H30N4O3S/c1-2-21-13-17(19-14-21)26(24,25)22-11-7-8-15(12-22)18(23)20-16-9-5-3-4-6-10-16/h13-16H,2-12H2,1H3,(H,20,23)/t15-/m0/s1. The summed E-state index contributed by atoms with van der Waals surface area (Å²) in [6.07, 6.45) is 11.4. The van der Waals surface area contributed by atoms with Gasteiger partial charge in [0.25, 0.3) is 10.0 Å². The van der Waals surface area contributed by atoms with Crippen molar-refractivity contribution in [1.82, 2.24) is 19.2 Å². The van der Waals surface area contributed by atoms with Gasteiger partial charge in [0.15, 0.2) is 5.03 Å². The minimum Gasteiger partial charge on any atom is -0.353 e. The van der Waals surface area contributed by atoms with Crippen LogP contribution < -0.4 is 5.32 Å². The van der Waals surface area contributed by atoms with Crippen molar-refractivity contribution in [2.45, 2.75) is 75.9 Å². The van der Waals surface area contributed by atoms with Gasteiger partial charge in [-0.1, -0.05) is 25.7 Å². The van der Waals surface area contributed by atoms with E-state index >= 15 is 0 Å². The smallest absolute Gasteiger partial charge is 0.262 e. The first-order chi connectivity index (χ1) is 12.5. The van der Waals surface area contributed by atoms with Crippen molar-refractivity contribution in [2.24, 2.45) is 5.92 Å². The van der Waals surface area contributed by atoms with Crippen LogP contribution in [-0.2, 0) is 21.4 Å². The Morgan fingerprint density at radius 1 is 1.19 bits per heavy atom. The molecular weight excluding hydrogens is 352 g/mol. The number of rotatable bonds is 5. The highest BCUT2D eigenvalue weighted by molar-refractivity contribution is 7.89. The van der Waals surface area contributed by atoms with Gasteiger partial charge < -0.3 is 9.88 Å². The molecule has 1 saturated heterocycles. The summed E-state index contributed by atoms with van der Waals surface area (Å²) in [4.78, 5) is 16.7. The molecule has 26 heavy (non-hydrogen) atoms. The molecule has 8 heteroatoms. The van der Waals surface area contributed by atoms with Crippen LogP contribution in [0.2, 0.25) is 0 Å². The molecule has 1 aromatic heterocycles. The van der Waals surface area contributed by atoms with Gasteiger partial charge in [0.1, 0.15) is 0 Å². The average Bonchev–Trinajstić information content (AvgIpc) is 3.01. The topological polar surface area (TPSA) is 84.3 Å². The third-order valence-corrected chi connectivity index (χ3v) is 7.29. The minimum absolute atomic E-state index is 0.0101. The van der Waals surface area contributed by atoms with Crippen LogP contribution in [0.15, 0.2) is 17.6 Å². The van der Waals surface area contributed by atoms with Crippen LogP contribution >= 0.6 is 0 Å². The lowest BCUT2D eigenvalue weighted by Gasteiger charge is -2.31. The molecule has 1 atom stereocenters. The molecule has 1 aromatic rings. The fraction of sp³-hybridized carbons (Fsp3) is 0.778. The Hall–Kier alpha value is -1.41. The summed E-state index contributed by atoms with van der Waals surface area (Å²) in [6.45, 7) is 3.32. The fourth-order valence-corrected chi connectivity index (χ4v) is 5.35. The number of amides is 1. The van der Waals surface area contributed by atoms with Gasteiger partial charge in [-0.2, -0.15) is 4.31 Å². The van der Waals surface area contributed by atoms with E-state index in [0.717, 1.165) is 32.1 Å². The minimum atomic E-state index is -3.64. The summed E-state index contributed by atoms with van der Waals surface area (Å²) < 4.78 is 28.8. The maximum Gasteiger partial charge on any atom is 0.262 e. The number of sulfonamides is 1. The zero-order valence-electron chi connectivity index (χ0n) is 15.6. The quantitative estimate of drug-likeness (QED) is 0.791. The first-order valence-electron chi connectivity index (χ1n) is 9.83. The molecule has 0 bridgehead atoms. The van der Waals surface area contributed by atoms with Crippen molar-refractivity contribution < 1.29 is 13.2 Å². The molecule has 0 spiro atoms. The second-order valence-electron chi connectivity index (χ2n) is 7.44. The van der Waals surface area contributed by atoms with Crippen LogP contribution in [0.5, 0.6) is 0 Å². The normalized spacial score (nSPS) is 23.5. The predicted octanol–water partition coefficient (Wildman–Crippen LogP) is 2.14. The number of aromatic nitrogens is 2. The lowest BCUT2D eigenvalue weighted by Crippen LogP contribution is -2.47. The van der Waals surface area contributed by atoms with E-state index in [2.05, 4.69) is 10.3 Å². The van der Waals surface area contributed by atoms with Crippen molar-refractivity contribution in [1.29, 1.82) is 0 Å². The van der Waals surface area contributed by atoms with Crippen LogP contribution in [0, 0.1) is 5.92 Å². The van der Waals surface area contributed by atoms with Gasteiger partial charge >= 0.3 is 0 Å². The lowest BCUT2D eigenvalue weighted by atomic mass is 9.97. The largest absolute Gasteiger partial charge is 0.353 e. The van der Waals surface area contributed by atoms with Gasteiger partial charge in [0, 0.05) is 31.9 Å². The van der Waals surface area contributed by atoms with Crippen molar-refractivity contribution >= 4 is 15.9 Å². The number of nitrogens with one attached hydrogen (secondary N) is 1. The zero-order valence-corrected chi connectivity index (χ0v) is 16.4. The highest BCUT2D eigenvalue weighted by atomic mass is 32.2. The molecule has 1 saturated carbocycles. The molecule has 2 aliphatic rings. The van der Waals surface area contributed by atoms with Gasteiger partial charge in [-0.3, -0.25) is 4.79 Å². The SMILES string of the molecule is CCn1cnc(S(=O)(=O)N2CCC[C@H](C(=O)NC3CCCCCC3)C2)c1. The Morgan fingerprint density at radius 3 is 2.58 bits per heavy atom. The first-order valence-corrected chi connectivity index (χ1v) is 11.3. The van der Waals surface area contributed by atoms with Crippen LogP contribution in [0.25, 0.3) is 0 Å². The predicted molar refractivity (Wildman–Crippen MR) is 99.0 cm³/mol. The lowest BCUT2D eigenvalue weighted by molar-refractivity contribution is -0.126. The molecule has 146 valence electrons. The van der Waals surface area contributed by atoms with E-state index in [1.165, 1.54) is 23.5 Å². The Labute approximate surface area is 156 Å². The number of imidazole rings is 1. The number of piperidine rings is 1. The Balaban J connectivity index is 1.63. The summed E-state index contributed by atoms with van der Waals surface area (Å²) in [7, 11) is -3.64. The van der Waals surface area contributed by atoms with E-state index < -0.39 is 10.0 Å². The Morgan fingerprint density at radius 2 is 1.92 bits per heavy atom. The Kier molecular flexibility index (Phi) is 6.34. The molecule has 1 amide bonds. The maximum absolute atomic E-state index is 12.8. The summed E-state index contributed by atoms with van der Waals surface area (Å²) >= 11 is 0. The zero-order chi connectivity index (χ0) is 18.6. The number of carbonyl (C=O) groups is 1. The van der Waals surface area contributed by atoms with Crippen LogP contribution in [-0.4, -0.2) is 47.3 Å². The highest BCUT2D eigenvalue weighted by Crippen LogP contribution is 2.24. The van der Waals surface area contributed by atoms with Crippen molar-refractivity contribution in [3.63, 3.8) is 0 Å². The van der Waals surface area contributed by atoms with Gasteiger partial charge in [-0.15, -0.1) is 0 Å². The average molecular weight is 383 g/mol. The summed E-state index contributed by atoms with van der Waals surface area (Å²) in [5, 5.41) is 3.25. The number of hydrogen-bond acceptors (Lipinski definition) is 4. The van der Waals surface area contributed by atoms with Crippen molar-refractivity contribution in [3.8, 4) is 0 Å². The highest BCUT2D eigenvalue weighted by Gasteiger charge is 2.35. The fourth-order valence-electron chi connectivity index (χ4n) is 3.90. The van der Waals surface area contributed by atoms with Crippen LogP contribution in [0.3, 0.4) is 0 Å². The summed E-state index contributed by atoms with van der Waals surface area (Å²) in [6, 6.07) is 0.247. The van der Waals surface area contributed by atoms with E-state index in [-0.39, 0.29) is 29.4 Å². The second kappa shape index (κ2) is 8.52. The van der Waals surface area contributed by atoms with E-state index in [4.69, 9.17) is 0 Å². The molecule has 1 N–H and O–H groups in total. The number of nitrogens with zero attached hydrogens (tertiary/aromatic N) is 3.